The van der Waals surface area contributed by atoms with Crippen LogP contribution in [0.3, 0.4) is 0 Å². The number of halogens is 3. The fourth-order valence-corrected chi connectivity index (χ4v) is 7.28. The molecule has 2 aromatic rings. The van der Waals surface area contributed by atoms with Crippen molar-refractivity contribution in [1.29, 1.82) is 0 Å². The highest BCUT2D eigenvalue weighted by molar-refractivity contribution is 7.90. The number of nitrogens with zero attached hydrogens (tertiary/aromatic N) is 5. The molecule has 1 aliphatic carbocycles. The van der Waals surface area contributed by atoms with E-state index in [1.54, 1.807) is 6.20 Å². The van der Waals surface area contributed by atoms with Gasteiger partial charge in [-0.3, -0.25) is 19.2 Å². The molecule has 2 atom stereocenters. The number of fused-ring (bicyclic) bond motifs is 6. The molecule has 16 heteroatoms. The second kappa shape index (κ2) is 11.0. The molecule has 0 radical (unpaired) electrons. The van der Waals surface area contributed by atoms with Gasteiger partial charge in [0.05, 0.1) is 11.0 Å². The Kier molecular flexibility index (Phi) is 7.68. The minimum atomic E-state index is -4.29. The molecular weight excluding hydrogens is 603 g/mol. The number of aryl methyl sites for hydroxylation is 1. The molecule has 1 saturated carbocycles. The minimum Gasteiger partial charge on any atom is -0.368 e. The highest BCUT2D eigenvalue weighted by atomic mass is 32.2. The van der Waals surface area contributed by atoms with Crippen molar-refractivity contribution in [2.24, 2.45) is 5.41 Å². The van der Waals surface area contributed by atoms with Gasteiger partial charge in [0.2, 0.25) is 0 Å². The maximum absolute atomic E-state index is 13.5. The number of pyridine rings is 1. The smallest absolute Gasteiger partial charge is 0.368 e. The van der Waals surface area contributed by atoms with Crippen LogP contribution in [0, 0.1) is 5.41 Å². The lowest BCUT2D eigenvalue weighted by Crippen LogP contribution is -2.41. The lowest BCUT2D eigenvalue weighted by Gasteiger charge is -2.34. The van der Waals surface area contributed by atoms with E-state index in [9.17, 15) is 31.2 Å². The Morgan fingerprint density at radius 1 is 1.14 bits per heavy atom. The SMILES string of the molecule is CC1(C)CC2CN1c1nc(N3CCC(OCCC4(C(F)(F)F)CC4)C3=O)ccc1C(=O)NS(=O)(=O)c1ccn(n1)CCCN2. The van der Waals surface area contributed by atoms with E-state index < -0.39 is 45.1 Å². The predicted octanol–water partition coefficient (Wildman–Crippen LogP) is 2.60. The van der Waals surface area contributed by atoms with Crippen molar-refractivity contribution < 1.29 is 35.9 Å². The van der Waals surface area contributed by atoms with Gasteiger partial charge in [0.1, 0.15) is 17.7 Å². The summed E-state index contributed by atoms with van der Waals surface area (Å²) in [6.45, 7) is 5.73. The summed E-state index contributed by atoms with van der Waals surface area (Å²) in [4.78, 5) is 34.9. The van der Waals surface area contributed by atoms with E-state index in [0.29, 0.717) is 26.1 Å². The van der Waals surface area contributed by atoms with Crippen LogP contribution < -0.4 is 19.8 Å². The Morgan fingerprint density at radius 3 is 2.64 bits per heavy atom. The summed E-state index contributed by atoms with van der Waals surface area (Å²) in [5.74, 6) is -0.839. The van der Waals surface area contributed by atoms with Gasteiger partial charge in [0, 0.05) is 50.4 Å². The van der Waals surface area contributed by atoms with E-state index >= 15 is 0 Å². The normalized spacial score (nSPS) is 26.1. The number of hydrogen-bond donors (Lipinski definition) is 2. The summed E-state index contributed by atoms with van der Waals surface area (Å²) < 4.78 is 75.3. The standard InChI is InChI=1S/C28H36F3N7O5S/c1-26(2)16-18-17-38(26)23-19(24(39)35-44(41,42)22-7-13-36(34-22)12-3-11-32-18)4-5-21(33-23)37-14-6-20(25(37)40)43-15-10-27(8-9-27)28(29,30)31/h4-5,7,13,18,20,32H,3,6,8-12,14-17H2,1-2H3,(H,35,39). The fourth-order valence-electron chi connectivity index (χ4n) is 6.37. The number of carbonyl (C=O) groups is 2. The van der Waals surface area contributed by atoms with Gasteiger partial charge in [0.25, 0.3) is 21.8 Å². The molecule has 240 valence electrons. The Labute approximate surface area is 253 Å². The van der Waals surface area contributed by atoms with Crippen LogP contribution in [0.1, 0.15) is 62.7 Å². The van der Waals surface area contributed by atoms with E-state index in [2.05, 4.69) is 15.1 Å². The van der Waals surface area contributed by atoms with E-state index in [-0.39, 0.29) is 67.1 Å². The topological polar surface area (TPSA) is 139 Å². The molecule has 0 aromatic carbocycles. The maximum Gasteiger partial charge on any atom is 0.394 e. The number of sulfonamides is 1. The van der Waals surface area contributed by atoms with Gasteiger partial charge in [-0.1, -0.05) is 0 Å². The monoisotopic (exact) mass is 639 g/mol. The number of carbonyl (C=O) groups excluding carboxylic acids is 2. The number of ether oxygens (including phenoxy) is 1. The fraction of sp³-hybridized carbons (Fsp3) is 0.643. The van der Waals surface area contributed by atoms with Crippen molar-refractivity contribution >= 4 is 33.5 Å². The summed E-state index contributed by atoms with van der Waals surface area (Å²) in [7, 11) is -4.28. The van der Waals surface area contributed by atoms with Crippen molar-refractivity contribution in [3.8, 4) is 0 Å². The number of rotatable bonds is 5. The largest absolute Gasteiger partial charge is 0.394 e. The average molecular weight is 640 g/mol. The van der Waals surface area contributed by atoms with Crippen LogP contribution in [0.2, 0.25) is 0 Å². The number of hydrogen-bond acceptors (Lipinski definition) is 9. The third kappa shape index (κ3) is 5.78. The minimum absolute atomic E-state index is 0.0154. The zero-order chi connectivity index (χ0) is 31.5. The number of anilines is 2. The van der Waals surface area contributed by atoms with Gasteiger partial charge in [0.15, 0.2) is 5.03 Å². The summed E-state index contributed by atoms with van der Waals surface area (Å²) in [6, 6.07) is 4.30. The molecule has 2 saturated heterocycles. The van der Waals surface area contributed by atoms with Crippen molar-refractivity contribution in [3.05, 3.63) is 30.0 Å². The number of aromatic nitrogens is 3. The molecule has 2 aromatic heterocycles. The number of nitrogens with one attached hydrogen (secondary N) is 2. The van der Waals surface area contributed by atoms with Crippen molar-refractivity contribution in [3.63, 3.8) is 0 Å². The summed E-state index contributed by atoms with van der Waals surface area (Å²) >= 11 is 0. The molecule has 2 unspecified atom stereocenters. The predicted molar refractivity (Wildman–Crippen MR) is 153 cm³/mol. The van der Waals surface area contributed by atoms with Crippen LogP contribution in [-0.4, -0.2) is 85.1 Å². The zero-order valence-electron chi connectivity index (χ0n) is 24.6. The van der Waals surface area contributed by atoms with E-state index in [1.807, 2.05) is 18.7 Å². The molecule has 3 aliphatic heterocycles. The first-order valence-electron chi connectivity index (χ1n) is 14.8. The van der Waals surface area contributed by atoms with Crippen molar-refractivity contribution in [1.82, 2.24) is 24.8 Å². The van der Waals surface area contributed by atoms with Crippen molar-refractivity contribution in [2.45, 2.75) is 87.8 Å². The quantitative estimate of drug-likeness (QED) is 0.506. The van der Waals surface area contributed by atoms with Crippen LogP contribution >= 0.6 is 0 Å². The van der Waals surface area contributed by atoms with Gasteiger partial charge < -0.3 is 15.0 Å². The summed E-state index contributed by atoms with van der Waals surface area (Å²) in [5, 5.41) is 7.38. The molecule has 5 heterocycles. The highest BCUT2D eigenvalue weighted by Crippen LogP contribution is 2.60. The van der Waals surface area contributed by atoms with Crippen LogP contribution in [0.25, 0.3) is 0 Å². The zero-order valence-corrected chi connectivity index (χ0v) is 25.4. The number of amides is 2. The van der Waals surface area contributed by atoms with Gasteiger partial charge in [-0.2, -0.15) is 26.7 Å². The van der Waals surface area contributed by atoms with Crippen molar-refractivity contribution in [2.75, 3.05) is 36.0 Å². The first-order chi connectivity index (χ1) is 20.7. The Bertz CT molecular complexity index is 1560. The van der Waals surface area contributed by atoms with E-state index in [1.165, 1.54) is 27.8 Å². The summed E-state index contributed by atoms with van der Waals surface area (Å²) in [6.07, 6.45) is -1.96. The Morgan fingerprint density at radius 2 is 1.91 bits per heavy atom. The molecule has 2 N–H and O–H groups in total. The summed E-state index contributed by atoms with van der Waals surface area (Å²) in [5.41, 5.74) is -2.16. The van der Waals surface area contributed by atoms with E-state index in [4.69, 9.17) is 9.72 Å². The third-order valence-corrected chi connectivity index (χ3v) is 10.4. The second-order valence-electron chi connectivity index (χ2n) is 12.7. The average Bonchev–Trinajstić information content (AvgIpc) is 3.27. The van der Waals surface area contributed by atoms with Gasteiger partial charge in [-0.05, 0) is 70.7 Å². The second-order valence-corrected chi connectivity index (χ2v) is 14.3. The number of alkyl halides is 3. The first kappa shape index (κ1) is 30.8. The Hall–Kier alpha value is -3.24. The van der Waals surface area contributed by atoms with E-state index in [0.717, 1.165) is 6.42 Å². The maximum atomic E-state index is 13.5. The van der Waals surface area contributed by atoms with Gasteiger partial charge >= 0.3 is 6.18 Å². The molecule has 4 aliphatic rings. The third-order valence-electron chi connectivity index (χ3n) is 9.14. The molecule has 12 nitrogen and oxygen atoms in total. The molecule has 4 bridgehead atoms. The first-order valence-corrected chi connectivity index (χ1v) is 16.3. The van der Waals surface area contributed by atoms with Crippen LogP contribution in [0.5, 0.6) is 0 Å². The molecule has 3 fully saturated rings. The molecule has 44 heavy (non-hydrogen) atoms. The van der Waals surface area contributed by atoms with Crippen LogP contribution in [-0.2, 0) is 26.1 Å². The highest BCUT2D eigenvalue weighted by Gasteiger charge is 2.62. The molecular formula is C28H36F3N7O5S. The molecule has 2 amide bonds. The lowest BCUT2D eigenvalue weighted by atomic mass is 9.99. The van der Waals surface area contributed by atoms with Crippen LogP contribution in [0.15, 0.2) is 29.4 Å². The van der Waals surface area contributed by atoms with Gasteiger partial charge in [-0.25, -0.2) is 9.71 Å². The molecule has 0 spiro atoms. The molecule has 6 rings (SSSR count). The Balaban J connectivity index is 1.26. The van der Waals surface area contributed by atoms with Gasteiger partial charge in [-0.15, -0.1) is 0 Å². The van der Waals surface area contributed by atoms with Crippen LogP contribution in [0.4, 0.5) is 24.8 Å². The lowest BCUT2D eigenvalue weighted by molar-refractivity contribution is -0.192.